The summed E-state index contributed by atoms with van der Waals surface area (Å²) in [5.41, 5.74) is 7.17. The fourth-order valence-corrected chi connectivity index (χ4v) is 3.38. The largest absolute Gasteiger partial charge is 0.383 e. The Kier molecular flexibility index (Phi) is 8.58. The second kappa shape index (κ2) is 10.9. The third-order valence-electron chi connectivity index (χ3n) is 4.96. The Labute approximate surface area is 182 Å². The molecule has 0 fully saturated rings. The smallest absolute Gasteiger partial charge is 0.330 e. The maximum absolute atomic E-state index is 13.2. The molecule has 0 aliphatic rings. The summed E-state index contributed by atoms with van der Waals surface area (Å²) in [5.74, 6) is -0.198. The van der Waals surface area contributed by atoms with Crippen molar-refractivity contribution in [1.29, 1.82) is 0 Å². The lowest BCUT2D eigenvalue weighted by molar-refractivity contribution is -0.119. The Hall–Kier alpha value is -2.91. The summed E-state index contributed by atoms with van der Waals surface area (Å²) in [6.07, 6.45) is 0. The number of hydrogen-bond acceptors (Lipinski definition) is 6. The molecule has 0 saturated heterocycles. The van der Waals surface area contributed by atoms with Crippen molar-refractivity contribution < 1.29 is 9.53 Å². The molecular weight excluding hydrogens is 398 g/mol. The quantitative estimate of drug-likeness (QED) is 0.584. The van der Waals surface area contributed by atoms with Crippen LogP contribution in [0.25, 0.3) is 0 Å². The van der Waals surface area contributed by atoms with E-state index >= 15 is 0 Å². The number of amides is 1. The van der Waals surface area contributed by atoms with Crippen LogP contribution in [-0.4, -0.2) is 54.2 Å². The van der Waals surface area contributed by atoms with E-state index in [4.69, 9.17) is 10.5 Å². The molecule has 1 amide bonds. The fourth-order valence-electron chi connectivity index (χ4n) is 3.38. The molecule has 2 rings (SSSR count). The number of H-pyrrole nitrogens is 1. The molecule has 170 valence electrons. The van der Waals surface area contributed by atoms with Crippen LogP contribution in [0.15, 0.2) is 33.9 Å². The number of aromatic nitrogens is 2. The van der Waals surface area contributed by atoms with E-state index in [2.05, 4.69) is 4.98 Å². The molecule has 3 N–H and O–H groups in total. The maximum atomic E-state index is 13.2. The van der Waals surface area contributed by atoms with Crippen LogP contribution in [0.5, 0.6) is 0 Å². The summed E-state index contributed by atoms with van der Waals surface area (Å²) in [5, 5.41) is 0. The first-order valence-corrected chi connectivity index (χ1v) is 10.3. The zero-order valence-electron chi connectivity index (χ0n) is 19.0. The van der Waals surface area contributed by atoms with E-state index in [-0.39, 0.29) is 43.0 Å². The van der Waals surface area contributed by atoms with E-state index in [1.165, 1.54) is 16.6 Å². The Bertz CT molecular complexity index is 1010. The molecular formula is C22H33N5O4. The number of rotatable bonds is 10. The molecule has 0 unspecified atom stereocenters. The van der Waals surface area contributed by atoms with Crippen molar-refractivity contribution in [2.75, 3.05) is 44.5 Å². The average molecular weight is 432 g/mol. The highest BCUT2D eigenvalue weighted by Gasteiger charge is 2.25. The van der Waals surface area contributed by atoms with Gasteiger partial charge in [0.1, 0.15) is 5.82 Å². The lowest BCUT2D eigenvalue weighted by atomic mass is 10.1. The molecule has 0 aliphatic heterocycles. The Morgan fingerprint density at radius 2 is 1.94 bits per heavy atom. The fraction of sp³-hybridized carbons (Fsp3) is 0.500. The number of nitrogens with two attached hydrogens (primary N) is 1. The van der Waals surface area contributed by atoms with Crippen LogP contribution in [0.2, 0.25) is 0 Å². The number of aromatic amines is 1. The minimum Gasteiger partial charge on any atom is -0.383 e. The number of hydrogen-bond donors (Lipinski definition) is 2. The number of nitrogens with zero attached hydrogens (tertiary/aromatic N) is 3. The molecule has 1 heterocycles. The van der Waals surface area contributed by atoms with Gasteiger partial charge >= 0.3 is 5.69 Å². The van der Waals surface area contributed by atoms with E-state index in [0.717, 1.165) is 11.1 Å². The third-order valence-corrected chi connectivity index (χ3v) is 4.96. The molecule has 2 aromatic rings. The van der Waals surface area contributed by atoms with Gasteiger partial charge in [0.15, 0.2) is 5.69 Å². The van der Waals surface area contributed by atoms with Gasteiger partial charge in [-0.15, -0.1) is 0 Å². The van der Waals surface area contributed by atoms with E-state index < -0.39 is 11.2 Å². The van der Waals surface area contributed by atoms with Crippen LogP contribution in [0, 0.1) is 12.8 Å². The number of nitrogen functional groups attached to an aromatic ring is 1. The van der Waals surface area contributed by atoms with Crippen LogP contribution in [-0.2, 0) is 22.6 Å². The van der Waals surface area contributed by atoms with Crippen molar-refractivity contribution >= 4 is 17.4 Å². The lowest BCUT2D eigenvalue weighted by Gasteiger charge is -2.27. The normalized spacial score (nSPS) is 11.3. The molecule has 0 bridgehead atoms. The summed E-state index contributed by atoms with van der Waals surface area (Å²) >= 11 is 0. The van der Waals surface area contributed by atoms with Gasteiger partial charge in [0.25, 0.3) is 5.56 Å². The summed E-state index contributed by atoms with van der Waals surface area (Å²) in [6, 6.07) is 7.97. The monoisotopic (exact) mass is 431 g/mol. The van der Waals surface area contributed by atoms with Gasteiger partial charge in [-0.3, -0.25) is 24.0 Å². The van der Waals surface area contributed by atoms with Crippen LogP contribution in [0.1, 0.15) is 25.0 Å². The number of ether oxygens (including phenoxy) is 1. The zero-order chi connectivity index (χ0) is 23.1. The van der Waals surface area contributed by atoms with Crippen molar-refractivity contribution in [3.05, 3.63) is 56.2 Å². The highest BCUT2D eigenvalue weighted by Crippen LogP contribution is 2.18. The number of carbonyl (C=O) groups excluding carboxylic acids is 1. The molecule has 0 radical (unpaired) electrons. The van der Waals surface area contributed by atoms with Crippen LogP contribution in [0.4, 0.5) is 11.5 Å². The standard InChI is InChI=1S/C22H33N5O4/c1-15(2)12-27-20(23)19(21(29)24-22(27)30)26(10-11-31-5)18(28)14-25(4)13-17-9-7-6-8-16(17)3/h6-9,15H,10-14,23H2,1-5H3,(H,24,29,30). The van der Waals surface area contributed by atoms with Gasteiger partial charge in [0, 0.05) is 26.7 Å². The minimum absolute atomic E-state index is 0.0199. The predicted molar refractivity (Wildman–Crippen MR) is 122 cm³/mol. The summed E-state index contributed by atoms with van der Waals surface area (Å²) in [4.78, 5) is 43.6. The van der Waals surface area contributed by atoms with Gasteiger partial charge in [-0.25, -0.2) is 4.79 Å². The summed E-state index contributed by atoms with van der Waals surface area (Å²) < 4.78 is 6.43. The van der Waals surface area contributed by atoms with Crippen molar-refractivity contribution in [2.24, 2.45) is 5.92 Å². The third kappa shape index (κ3) is 6.28. The molecule has 1 aromatic heterocycles. The molecule has 0 spiro atoms. The first-order valence-electron chi connectivity index (χ1n) is 10.3. The van der Waals surface area contributed by atoms with Crippen molar-refractivity contribution in [3.8, 4) is 0 Å². The first kappa shape index (κ1) is 24.4. The molecule has 0 saturated carbocycles. The molecule has 0 atom stereocenters. The highest BCUT2D eigenvalue weighted by molar-refractivity contribution is 5.96. The van der Waals surface area contributed by atoms with Crippen LogP contribution < -0.4 is 21.9 Å². The predicted octanol–water partition coefficient (Wildman–Crippen LogP) is 1.19. The Morgan fingerprint density at radius 3 is 2.55 bits per heavy atom. The van der Waals surface area contributed by atoms with Gasteiger partial charge in [-0.05, 0) is 31.0 Å². The van der Waals surface area contributed by atoms with Gasteiger partial charge < -0.3 is 15.4 Å². The van der Waals surface area contributed by atoms with E-state index in [1.807, 2.05) is 57.0 Å². The molecule has 0 aliphatic carbocycles. The number of anilines is 2. The summed E-state index contributed by atoms with van der Waals surface area (Å²) in [6.45, 7) is 7.23. The number of carbonyl (C=O) groups is 1. The highest BCUT2D eigenvalue weighted by atomic mass is 16.5. The molecule has 1 aromatic carbocycles. The van der Waals surface area contributed by atoms with Crippen molar-refractivity contribution in [3.63, 3.8) is 0 Å². The average Bonchev–Trinajstić information content (AvgIpc) is 2.69. The number of nitrogens with one attached hydrogen (secondary N) is 1. The van der Waals surface area contributed by atoms with Crippen LogP contribution >= 0.6 is 0 Å². The Balaban J connectivity index is 2.34. The second-order valence-electron chi connectivity index (χ2n) is 8.13. The molecule has 31 heavy (non-hydrogen) atoms. The van der Waals surface area contributed by atoms with Gasteiger partial charge in [-0.1, -0.05) is 38.1 Å². The minimum atomic E-state index is -0.687. The van der Waals surface area contributed by atoms with E-state index in [1.54, 1.807) is 0 Å². The molecule has 9 heteroatoms. The van der Waals surface area contributed by atoms with Gasteiger partial charge in [-0.2, -0.15) is 0 Å². The molecule has 9 nitrogen and oxygen atoms in total. The van der Waals surface area contributed by atoms with Crippen molar-refractivity contribution in [1.82, 2.24) is 14.5 Å². The topological polar surface area (TPSA) is 114 Å². The number of likely N-dealkylation sites (N-methyl/N-ethyl adjacent to an activating group) is 1. The number of aryl methyl sites for hydroxylation is 1. The van der Waals surface area contributed by atoms with Gasteiger partial charge in [0.05, 0.1) is 13.2 Å². The van der Waals surface area contributed by atoms with Crippen molar-refractivity contribution in [2.45, 2.75) is 33.9 Å². The van der Waals surface area contributed by atoms with Crippen LogP contribution in [0.3, 0.4) is 0 Å². The zero-order valence-corrected chi connectivity index (χ0v) is 19.0. The number of methoxy groups -OCH3 is 1. The summed E-state index contributed by atoms with van der Waals surface area (Å²) in [7, 11) is 3.35. The lowest BCUT2D eigenvalue weighted by Crippen LogP contribution is -2.46. The second-order valence-corrected chi connectivity index (χ2v) is 8.13. The SMILES string of the molecule is COCCN(C(=O)CN(C)Cc1ccccc1C)c1c(N)n(CC(C)C)c(=O)[nH]c1=O. The van der Waals surface area contributed by atoms with Gasteiger partial charge in [0.2, 0.25) is 5.91 Å². The van der Waals surface area contributed by atoms with E-state index in [9.17, 15) is 14.4 Å². The first-order chi connectivity index (χ1) is 14.6. The Morgan fingerprint density at radius 1 is 1.26 bits per heavy atom. The van der Waals surface area contributed by atoms with E-state index in [0.29, 0.717) is 13.1 Å². The maximum Gasteiger partial charge on any atom is 0.330 e. The number of benzene rings is 1.